The van der Waals surface area contributed by atoms with E-state index < -0.39 is 4.33 Å². The average Bonchev–Trinajstić information content (AvgIpc) is 2.27. The third kappa shape index (κ3) is 3.86. The van der Waals surface area contributed by atoms with E-state index in [4.69, 9.17) is 28.9 Å². The lowest BCUT2D eigenvalue weighted by atomic mass is 10.1. The van der Waals surface area contributed by atoms with Crippen LogP contribution in [0.4, 0.5) is 0 Å². The normalized spacial score (nSPS) is 14.4. The molecule has 1 aromatic carbocycles. The van der Waals surface area contributed by atoms with Crippen molar-refractivity contribution in [3.8, 4) is 0 Å². The van der Waals surface area contributed by atoms with Crippen LogP contribution in [0.25, 0.3) is 6.08 Å². The average molecular weight is 244 g/mol. The van der Waals surface area contributed by atoms with Crippen LogP contribution >= 0.6 is 23.2 Å². The maximum Gasteiger partial charge on any atom is 0.136 e. The van der Waals surface area contributed by atoms with Gasteiger partial charge in [-0.3, -0.25) is 0 Å². The molecule has 1 aromatic rings. The van der Waals surface area contributed by atoms with Crippen LogP contribution in [0.3, 0.4) is 0 Å². The molecule has 0 saturated heterocycles. The van der Waals surface area contributed by atoms with Crippen molar-refractivity contribution >= 4 is 29.3 Å². The number of rotatable bonds is 4. The molecule has 0 saturated carbocycles. The zero-order valence-corrected chi connectivity index (χ0v) is 10.2. The summed E-state index contributed by atoms with van der Waals surface area (Å²) in [5, 5.41) is 0. The van der Waals surface area contributed by atoms with Gasteiger partial charge in [0, 0.05) is 0 Å². The van der Waals surface area contributed by atoms with Gasteiger partial charge in [-0.2, -0.15) is 0 Å². The van der Waals surface area contributed by atoms with Gasteiger partial charge >= 0.3 is 0 Å². The molecule has 0 aliphatic rings. The van der Waals surface area contributed by atoms with E-state index in [1.54, 1.807) is 0 Å². The molecular formula is C12H15Cl2N. The molecular weight excluding hydrogens is 229 g/mol. The van der Waals surface area contributed by atoms with Gasteiger partial charge in [0.25, 0.3) is 0 Å². The number of halogens is 2. The molecule has 0 aliphatic carbocycles. The Morgan fingerprint density at radius 1 is 1.33 bits per heavy atom. The van der Waals surface area contributed by atoms with Crippen molar-refractivity contribution in [1.82, 2.24) is 0 Å². The van der Waals surface area contributed by atoms with E-state index >= 15 is 0 Å². The Morgan fingerprint density at radius 3 is 2.47 bits per heavy atom. The fourth-order valence-corrected chi connectivity index (χ4v) is 1.30. The molecule has 1 rings (SSSR count). The Kier molecular flexibility index (Phi) is 4.65. The maximum atomic E-state index is 6.03. The number of hydrogen-bond acceptors (Lipinski definition) is 1. The summed E-state index contributed by atoms with van der Waals surface area (Å²) in [5.74, 6) is 0. The fourth-order valence-electron chi connectivity index (χ4n) is 1.16. The topological polar surface area (TPSA) is 26.0 Å². The van der Waals surface area contributed by atoms with Gasteiger partial charge in [-0.05, 0) is 12.0 Å². The first-order valence-electron chi connectivity index (χ1n) is 4.93. The van der Waals surface area contributed by atoms with Gasteiger partial charge in [0.2, 0.25) is 0 Å². The van der Waals surface area contributed by atoms with E-state index in [9.17, 15) is 0 Å². The molecule has 2 N–H and O–H groups in total. The van der Waals surface area contributed by atoms with E-state index in [1.807, 2.05) is 49.4 Å². The van der Waals surface area contributed by atoms with Crippen LogP contribution in [0, 0.1) is 0 Å². The van der Waals surface area contributed by atoms with Crippen molar-refractivity contribution in [2.24, 2.45) is 5.73 Å². The van der Waals surface area contributed by atoms with Gasteiger partial charge in [-0.25, -0.2) is 0 Å². The van der Waals surface area contributed by atoms with E-state index in [0.717, 1.165) is 5.56 Å². The third-order valence-corrected chi connectivity index (χ3v) is 3.29. The van der Waals surface area contributed by atoms with Crippen LogP contribution < -0.4 is 5.73 Å². The van der Waals surface area contributed by atoms with Crippen LogP contribution in [0.15, 0.2) is 36.4 Å². The third-order valence-electron chi connectivity index (χ3n) is 2.25. The lowest BCUT2D eigenvalue weighted by Crippen LogP contribution is -2.36. The van der Waals surface area contributed by atoms with Crippen molar-refractivity contribution in [1.29, 1.82) is 0 Å². The molecule has 0 heterocycles. The van der Waals surface area contributed by atoms with E-state index in [1.165, 1.54) is 0 Å². The van der Waals surface area contributed by atoms with Crippen LogP contribution in [0.5, 0.6) is 0 Å². The maximum absolute atomic E-state index is 6.03. The van der Waals surface area contributed by atoms with Crippen LogP contribution in [0.2, 0.25) is 0 Å². The second-order valence-corrected chi connectivity index (χ2v) is 4.95. The van der Waals surface area contributed by atoms with Crippen LogP contribution in [-0.2, 0) is 0 Å². The largest absolute Gasteiger partial charge is 0.322 e. The fraction of sp³-hybridized carbons (Fsp3) is 0.333. The van der Waals surface area contributed by atoms with Crippen molar-refractivity contribution < 1.29 is 0 Å². The molecule has 1 unspecified atom stereocenters. The van der Waals surface area contributed by atoms with E-state index in [-0.39, 0.29) is 6.04 Å². The number of benzene rings is 1. The van der Waals surface area contributed by atoms with Crippen molar-refractivity contribution in [3.63, 3.8) is 0 Å². The van der Waals surface area contributed by atoms with Crippen LogP contribution in [0.1, 0.15) is 18.9 Å². The Hall–Kier alpha value is -0.500. The second kappa shape index (κ2) is 5.55. The van der Waals surface area contributed by atoms with E-state index in [2.05, 4.69) is 0 Å². The van der Waals surface area contributed by atoms with Gasteiger partial charge in [0.15, 0.2) is 0 Å². The minimum absolute atomic E-state index is 0.356. The molecule has 0 bridgehead atoms. The first-order chi connectivity index (χ1) is 7.06. The predicted molar refractivity (Wildman–Crippen MR) is 68.2 cm³/mol. The summed E-state index contributed by atoms with van der Waals surface area (Å²) in [4.78, 5) is 0. The first kappa shape index (κ1) is 12.6. The van der Waals surface area contributed by atoms with Crippen molar-refractivity contribution in [3.05, 3.63) is 42.0 Å². The number of alkyl halides is 2. The summed E-state index contributed by atoms with van der Waals surface area (Å²) in [6.45, 7) is 1.91. The summed E-state index contributed by atoms with van der Waals surface area (Å²) >= 11 is 12.1. The standard InChI is InChI=1S/C12H15Cl2N/c1-2-12(13,14)11(15)9-8-10-6-4-3-5-7-10/h3-9,11H,2,15H2,1H3/b9-8+. The Morgan fingerprint density at radius 2 is 1.93 bits per heavy atom. The highest BCUT2D eigenvalue weighted by atomic mass is 35.5. The molecule has 1 atom stereocenters. The lowest BCUT2D eigenvalue weighted by Gasteiger charge is -2.22. The Labute approximate surface area is 101 Å². The summed E-state index contributed by atoms with van der Waals surface area (Å²) in [6, 6.07) is 9.56. The summed E-state index contributed by atoms with van der Waals surface area (Å²) < 4.78 is -0.884. The quantitative estimate of drug-likeness (QED) is 0.804. The highest BCUT2D eigenvalue weighted by molar-refractivity contribution is 6.49. The molecule has 0 aromatic heterocycles. The minimum Gasteiger partial charge on any atom is -0.322 e. The lowest BCUT2D eigenvalue weighted by molar-refractivity contribution is 0.657. The summed E-state index contributed by atoms with van der Waals surface area (Å²) in [7, 11) is 0. The second-order valence-electron chi connectivity index (χ2n) is 3.41. The number of nitrogens with two attached hydrogens (primary N) is 1. The smallest absolute Gasteiger partial charge is 0.136 e. The van der Waals surface area contributed by atoms with Gasteiger partial charge in [-0.15, -0.1) is 0 Å². The monoisotopic (exact) mass is 243 g/mol. The molecule has 0 aliphatic heterocycles. The Balaban J connectivity index is 2.66. The SMILES string of the molecule is CCC(Cl)(Cl)C(N)/C=C/c1ccccc1. The molecule has 0 spiro atoms. The summed E-state index contributed by atoms with van der Waals surface area (Å²) in [6.07, 6.45) is 4.38. The minimum atomic E-state index is -0.884. The van der Waals surface area contributed by atoms with Gasteiger partial charge in [0.1, 0.15) is 4.33 Å². The first-order valence-corrected chi connectivity index (χ1v) is 5.68. The Bertz CT molecular complexity index is 320. The zero-order chi connectivity index (χ0) is 11.3. The number of hydrogen-bond donors (Lipinski definition) is 1. The van der Waals surface area contributed by atoms with Gasteiger partial charge in [-0.1, -0.05) is 72.6 Å². The van der Waals surface area contributed by atoms with Gasteiger partial charge < -0.3 is 5.73 Å². The van der Waals surface area contributed by atoms with Crippen LogP contribution in [-0.4, -0.2) is 10.4 Å². The molecule has 0 fully saturated rings. The molecule has 0 amide bonds. The predicted octanol–water partition coefficient (Wildman–Crippen LogP) is 3.61. The molecule has 0 radical (unpaired) electrons. The highest BCUT2D eigenvalue weighted by Gasteiger charge is 2.27. The van der Waals surface area contributed by atoms with Crippen molar-refractivity contribution in [2.75, 3.05) is 0 Å². The van der Waals surface area contributed by atoms with Gasteiger partial charge in [0.05, 0.1) is 6.04 Å². The molecule has 15 heavy (non-hydrogen) atoms. The zero-order valence-electron chi connectivity index (χ0n) is 8.66. The molecule has 82 valence electrons. The van der Waals surface area contributed by atoms with E-state index in [0.29, 0.717) is 6.42 Å². The van der Waals surface area contributed by atoms with Crippen molar-refractivity contribution in [2.45, 2.75) is 23.7 Å². The highest BCUT2D eigenvalue weighted by Crippen LogP contribution is 2.28. The molecule has 3 heteroatoms. The summed E-state index contributed by atoms with van der Waals surface area (Å²) in [5.41, 5.74) is 6.95. The molecule has 1 nitrogen and oxygen atoms in total.